The number of hydrogen-bond acceptors (Lipinski definition) is 2. The van der Waals surface area contributed by atoms with Gasteiger partial charge in [-0.3, -0.25) is 4.90 Å². The summed E-state index contributed by atoms with van der Waals surface area (Å²) in [5, 5.41) is 2.95. The summed E-state index contributed by atoms with van der Waals surface area (Å²) >= 11 is 22.3. The number of rotatable bonds is 3. The van der Waals surface area contributed by atoms with Gasteiger partial charge in [0, 0.05) is 34.5 Å². The second kappa shape index (κ2) is 7.84. The van der Waals surface area contributed by atoms with E-state index >= 15 is 0 Å². The maximum Gasteiger partial charge on any atom is 0.0706 e. The number of benzene rings is 2. The number of halogens is 4. The summed E-state index contributed by atoms with van der Waals surface area (Å²) in [6.45, 7) is 1.87. The quantitative estimate of drug-likeness (QED) is 0.539. The third-order valence-corrected chi connectivity index (χ3v) is 6.00. The van der Waals surface area contributed by atoms with Gasteiger partial charge in [0.05, 0.1) is 16.8 Å². The van der Waals surface area contributed by atoms with E-state index in [1.807, 2.05) is 24.3 Å². The molecule has 0 aromatic heterocycles. The van der Waals surface area contributed by atoms with Crippen LogP contribution in [-0.2, 0) is 0 Å². The minimum Gasteiger partial charge on any atom is -0.360 e. The average molecular weight is 449 g/mol. The fourth-order valence-corrected chi connectivity index (χ4v) is 4.76. The van der Waals surface area contributed by atoms with Crippen molar-refractivity contribution in [2.45, 2.75) is 12.1 Å². The van der Waals surface area contributed by atoms with Gasteiger partial charge in [-0.25, -0.2) is 0 Å². The zero-order valence-electron chi connectivity index (χ0n) is 13.2. The van der Waals surface area contributed by atoms with Crippen LogP contribution in [0.5, 0.6) is 0 Å². The zero-order valence-corrected chi connectivity index (χ0v) is 17.1. The molecule has 2 aromatic carbocycles. The van der Waals surface area contributed by atoms with E-state index in [1.54, 1.807) is 6.07 Å². The topological polar surface area (TPSA) is 6.48 Å². The normalized spacial score (nSPS) is 22.0. The Balaban J connectivity index is 2.06. The number of piperazine rings is 1. The molecule has 1 aliphatic heterocycles. The fourth-order valence-electron chi connectivity index (χ4n) is 3.27. The second-order valence-electron chi connectivity index (χ2n) is 5.99. The van der Waals surface area contributed by atoms with Crippen LogP contribution < -0.4 is 4.90 Å². The van der Waals surface area contributed by atoms with Crippen LogP contribution in [0.2, 0.25) is 15.1 Å². The molecule has 1 saturated heterocycles. The molecule has 128 valence electrons. The van der Waals surface area contributed by atoms with E-state index in [4.69, 9.17) is 34.8 Å². The molecule has 1 heterocycles. The molecule has 1 fully saturated rings. The van der Waals surface area contributed by atoms with E-state index in [0.29, 0.717) is 16.1 Å². The largest absolute Gasteiger partial charge is 0.360 e. The first-order chi connectivity index (χ1) is 11.5. The SMILES string of the molecule is CN1CCN(c2ccc(Cl)cc2Cl)C(c2ccc(Cl)cc2)C1CBr. The van der Waals surface area contributed by atoms with Gasteiger partial charge in [-0.05, 0) is 42.9 Å². The predicted octanol–water partition coefficient (Wildman–Crippen LogP) is 5.90. The van der Waals surface area contributed by atoms with Crippen LogP contribution in [0.25, 0.3) is 0 Å². The van der Waals surface area contributed by atoms with Crippen LogP contribution in [0, 0.1) is 0 Å². The second-order valence-corrected chi connectivity index (χ2v) is 7.92. The van der Waals surface area contributed by atoms with Crippen LogP contribution in [0.1, 0.15) is 11.6 Å². The maximum absolute atomic E-state index is 6.50. The lowest BCUT2D eigenvalue weighted by molar-refractivity contribution is 0.194. The molecular weight excluding hydrogens is 430 g/mol. The number of likely N-dealkylation sites (N-methyl/N-ethyl adjacent to an activating group) is 1. The summed E-state index contributed by atoms with van der Waals surface area (Å²) in [5.74, 6) is 0. The van der Waals surface area contributed by atoms with Crippen molar-refractivity contribution in [3.63, 3.8) is 0 Å². The average Bonchev–Trinajstić information content (AvgIpc) is 2.56. The van der Waals surface area contributed by atoms with Gasteiger partial charge in [-0.15, -0.1) is 0 Å². The molecule has 2 unspecified atom stereocenters. The van der Waals surface area contributed by atoms with Crippen molar-refractivity contribution in [1.82, 2.24) is 4.90 Å². The summed E-state index contributed by atoms with van der Waals surface area (Å²) in [6.07, 6.45) is 0. The van der Waals surface area contributed by atoms with Crippen molar-refractivity contribution < 1.29 is 0 Å². The van der Waals surface area contributed by atoms with Crippen LogP contribution in [0.15, 0.2) is 42.5 Å². The standard InChI is InChI=1S/C18H18BrCl3N2/c1-23-8-9-24(16-7-6-14(21)10-15(16)22)18(17(23)11-19)12-2-4-13(20)5-3-12/h2-7,10,17-18H,8-9,11H2,1H3. The fraction of sp³-hybridized carbons (Fsp3) is 0.333. The maximum atomic E-state index is 6.50. The van der Waals surface area contributed by atoms with Gasteiger partial charge >= 0.3 is 0 Å². The van der Waals surface area contributed by atoms with E-state index in [2.05, 4.69) is 44.9 Å². The highest BCUT2D eigenvalue weighted by Crippen LogP contribution is 2.39. The van der Waals surface area contributed by atoms with Crippen LogP contribution in [0.3, 0.4) is 0 Å². The lowest BCUT2D eigenvalue weighted by Crippen LogP contribution is -2.54. The van der Waals surface area contributed by atoms with Gasteiger partial charge in [-0.2, -0.15) is 0 Å². The summed E-state index contributed by atoms with van der Waals surface area (Å²) in [5.41, 5.74) is 2.24. The molecule has 0 spiro atoms. The lowest BCUT2D eigenvalue weighted by atomic mass is 9.94. The third kappa shape index (κ3) is 3.71. The predicted molar refractivity (Wildman–Crippen MR) is 108 cm³/mol. The van der Waals surface area contributed by atoms with Gasteiger partial charge in [0.15, 0.2) is 0 Å². The molecule has 2 aromatic rings. The summed E-state index contributed by atoms with van der Waals surface area (Å²) in [6, 6.07) is 14.3. The third-order valence-electron chi connectivity index (χ3n) is 4.55. The Morgan fingerprint density at radius 3 is 2.29 bits per heavy atom. The van der Waals surface area contributed by atoms with Gasteiger partial charge in [0.1, 0.15) is 0 Å². The van der Waals surface area contributed by atoms with Crippen molar-refractivity contribution in [3.05, 3.63) is 63.1 Å². The van der Waals surface area contributed by atoms with E-state index in [-0.39, 0.29) is 6.04 Å². The zero-order chi connectivity index (χ0) is 17.3. The van der Waals surface area contributed by atoms with Crippen molar-refractivity contribution >= 4 is 56.4 Å². The highest BCUT2D eigenvalue weighted by Gasteiger charge is 2.36. The van der Waals surface area contributed by atoms with Gasteiger partial charge in [0.25, 0.3) is 0 Å². The molecule has 1 aliphatic rings. The van der Waals surface area contributed by atoms with Crippen molar-refractivity contribution in [1.29, 1.82) is 0 Å². The molecule has 2 atom stereocenters. The van der Waals surface area contributed by atoms with Gasteiger partial charge in [0.2, 0.25) is 0 Å². The lowest BCUT2D eigenvalue weighted by Gasteiger charge is -2.47. The molecule has 0 saturated carbocycles. The molecule has 2 nitrogen and oxygen atoms in total. The monoisotopic (exact) mass is 446 g/mol. The molecule has 0 aliphatic carbocycles. The molecule has 3 rings (SSSR count). The van der Waals surface area contributed by atoms with Gasteiger partial charge < -0.3 is 4.90 Å². The van der Waals surface area contributed by atoms with E-state index in [1.165, 1.54) is 5.56 Å². The molecule has 6 heteroatoms. The minimum absolute atomic E-state index is 0.180. The Kier molecular flexibility index (Phi) is 5.99. The Morgan fingerprint density at radius 2 is 1.67 bits per heavy atom. The number of nitrogens with zero attached hydrogens (tertiary/aromatic N) is 2. The first-order valence-electron chi connectivity index (χ1n) is 7.74. The number of alkyl halides is 1. The molecule has 0 radical (unpaired) electrons. The van der Waals surface area contributed by atoms with Crippen LogP contribution in [0.4, 0.5) is 5.69 Å². The van der Waals surface area contributed by atoms with E-state index in [0.717, 1.165) is 29.1 Å². The summed E-state index contributed by atoms with van der Waals surface area (Å²) < 4.78 is 0. The summed E-state index contributed by atoms with van der Waals surface area (Å²) in [4.78, 5) is 4.75. The first-order valence-corrected chi connectivity index (χ1v) is 10.00. The highest BCUT2D eigenvalue weighted by molar-refractivity contribution is 9.09. The molecule has 0 bridgehead atoms. The Bertz CT molecular complexity index is 708. The minimum atomic E-state index is 0.180. The molecule has 24 heavy (non-hydrogen) atoms. The first kappa shape index (κ1) is 18.3. The van der Waals surface area contributed by atoms with Crippen LogP contribution in [-0.4, -0.2) is 36.4 Å². The van der Waals surface area contributed by atoms with E-state index < -0.39 is 0 Å². The van der Waals surface area contributed by atoms with Crippen molar-refractivity contribution in [2.24, 2.45) is 0 Å². The number of hydrogen-bond donors (Lipinski definition) is 0. The van der Waals surface area contributed by atoms with E-state index in [9.17, 15) is 0 Å². The Hall–Kier alpha value is -0.450. The summed E-state index contributed by atoms with van der Waals surface area (Å²) in [7, 11) is 2.16. The van der Waals surface area contributed by atoms with Crippen molar-refractivity contribution in [2.75, 3.05) is 30.4 Å². The molecule has 0 N–H and O–H groups in total. The van der Waals surface area contributed by atoms with Gasteiger partial charge in [-0.1, -0.05) is 62.9 Å². The van der Waals surface area contributed by atoms with Crippen LogP contribution >= 0.6 is 50.7 Å². The smallest absolute Gasteiger partial charge is 0.0706 e. The molecular formula is C18H18BrCl3N2. The molecule has 0 amide bonds. The highest BCUT2D eigenvalue weighted by atomic mass is 79.9. The number of anilines is 1. The Morgan fingerprint density at radius 1 is 1.00 bits per heavy atom. The van der Waals surface area contributed by atoms with Crippen molar-refractivity contribution in [3.8, 4) is 0 Å². The Labute approximate surface area is 166 Å².